The lowest BCUT2D eigenvalue weighted by Gasteiger charge is -1.99. The van der Waals surface area contributed by atoms with E-state index >= 15 is 0 Å². The lowest BCUT2D eigenvalue weighted by atomic mass is 10.1. The second-order valence-electron chi connectivity index (χ2n) is 4.33. The van der Waals surface area contributed by atoms with E-state index in [2.05, 4.69) is 39.5 Å². The summed E-state index contributed by atoms with van der Waals surface area (Å²) < 4.78 is 0. The quantitative estimate of drug-likeness (QED) is 0.351. The summed E-state index contributed by atoms with van der Waals surface area (Å²) in [4.78, 5) is 10.1. The van der Waals surface area contributed by atoms with Gasteiger partial charge in [-0.1, -0.05) is 29.9 Å². The Morgan fingerprint density at radius 2 is 1.75 bits per heavy atom. The first-order valence-electron chi connectivity index (χ1n) is 5.74. The highest BCUT2D eigenvalue weighted by Gasteiger charge is 1.91. The summed E-state index contributed by atoms with van der Waals surface area (Å²) in [7, 11) is 0. The topological polar surface area (TPSA) is 17.1 Å². The standard InChI is InChI=1S/C15H22O/c1-13(2)7-5-8-14(3)9-6-10-15(4)11-12-16/h7,9,11H,4-6,8,10H2,1-3H3/b14-9+. The SMILES string of the molecule is C=C(C=C=O)CC/C=C(\C)CCC=C(C)C. The lowest BCUT2D eigenvalue weighted by Crippen LogP contribution is -1.80. The van der Waals surface area contributed by atoms with Gasteiger partial charge in [0.15, 0.2) is 0 Å². The van der Waals surface area contributed by atoms with Crippen LogP contribution in [0.5, 0.6) is 0 Å². The average molecular weight is 218 g/mol. The molecule has 0 saturated heterocycles. The molecule has 0 heterocycles. The zero-order valence-electron chi connectivity index (χ0n) is 10.7. The molecule has 0 rings (SSSR count). The first kappa shape index (κ1) is 14.7. The van der Waals surface area contributed by atoms with Crippen molar-refractivity contribution < 1.29 is 4.79 Å². The van der Waals surface area contributed by atoms with E-state index < -0.39 is 0 Å². The van der Waals surface area contributed by atoms with Crippen molar-refractivity contribution in [3.05, 3.63) is 41.5 Å². The van der Waals surface area contributed by atoms with E-state index in [-0.39, 0.29) is 0 Å². The van der Waals surface area contributed by atoms with Crippen molar-refractivity contribution >= 4 is 5.94 Å². The fourth-order valence-electron chi connectivity index (χ4n) is 1.35. The van der Waals surface area contributed by atoms with Gasteiger partial charge in [0.1, 0.15) is 5.94 Å². The number of hydrogen-bond donors (Lipinski definition) is 0. The highest BCUT2D eigenvalue weighted by molar-refractivity contribution is 5.51. The number of carbonyl (C=O) groups excluding carboxylic acids is 1. The number of rotatable bonds is 7. The molecule has 0 radical (unpaired) electrons. The molecule has 0 fully saturated rings. The highest BCUT2D eigenvalue weighted by atomic mass is 16.1. The van der Waals surface area contributed by atoms with Gasteiger partial charge >= 0.3 is 0 Å². The van der Waals surface area contributed by atoms with Crippen LogP contribution in [0.3, 0.4) is 0 Å². The van der Waals surface area contributed by atoms with E-state index in [0.29, 0.717) is 0 Å². The number of allylic oxidation sites excluding steroid dienone is 6. The van der Waals surface area contributed by atoms with E-state index in [9.17, 15) is 4.79 Å². The maximum atomic E-state index is 10.1. The minimum Gasteiger partial charge on any atom is -0.233 e. The van der Waals surface area contributed by atoms with Gasteiger partial charge in [0.2, 0.25) is 0 Å². The van der Waals surface area contributed by atoms with Crippen molar-refractivity contribution in [2.45, 2.75) is 46.5 Å². The summed E-state index contributed by atoms with van der Waals surface area (Å²) in [5.41, 5.74) is 3.63. The van der Waals surface area contributed by atoms with E-state index in [1.165, 1.54) is 17.2 Å². The van der Waals surface area contributed by atoms with Crippen LogP contribution < -0.4 is 0 Å². The van der Waals surface area contributed by atoms with Crippen molar-refractivity contribution in [3.8, 4) is 0 Å². The lowest BCUT2D eigenvalue weighted by molar-refractivity contribution is 0.568. The fraction of sp³-hybridized carbons (Fsp3) is 0.467. The van der Waals surface area contributed by atoms with Crippen LogP contribution in [0.25, 0.3) is 0 Å². The smallest absolute Gasteiger partial charge is 0.124 e. The first-order chi connectivity index (χ1) is 7.56. The van der Waals surface area contributed by atoms with Gasteiger partial charge in [0.05, 0.1) is 0 Å². The third-order valence-corrected chi connectivity index (χ3v) is 2.31. The maximum absolute atomic E-state index is 10.1. The third kappa shape index (κ3) is 9.23. The normalized spacial score (nSPS) is 10.6. The van der Waals surface area contributed by atoms with Gasteiger partial charge < -0.3 is 0 Å². The Balaban J connectivity index is 3.83. The Morgan fingerprint density at radius 1 is 1.12 bits per heavy atom. The van der Waals surface area contributed by atoms with E-state index in [1.807, 2.05) is 0 Å². The average Bonchev–Trinajstić information content (AvgIpc) is 2.17. The van der Waals surface area contributed by atoms with E-state index in [1.54, 1.807) is 5.94 Å². The van der Waals surface area contributed by atoms with Crippen LogP contribution in [0.1, 0.15) is 46.5 Å². The molecular formula is C15H22O. The molecule has 88 valence electrons. The molecule has 0 aromatic heterocycles. The molecule has 0 unspecified atom stereocenters. The minimum atomic E-state index is 0.842. The van der Waals surface area contributed by atoms with Crippen molar-refractivity contribution in [2.75, 3.05) is 0 Å². The van der Waals surface area contributed by atoms with Crippen molar-refractivity contribution in [3.63, 3.8) is 0 Å². The Morgan fingerprint density at radius 3 is 2.31 bits per heavy atom. The van der Waals surface area contributed by atoms with E-state index in [4.69, 9.17) is 0 Å². The fourth-order valence-corrected chi connectivity index (χ4v) is 1.35. The van der Waals surface area contributed by atoms with Crippen LogP contribution in [0.15, 0.2) is 41.5 Å². The summed E-state index contributed by atoms with van der Waals surface area (Å²) in [6.07, 6.45) is 9.91. The zero-order valence-corrected chi connectivity index (χ0v) is 10.7. The van der Waals surface area contributed by atoms with Crippen molar-refractivity contribution in [1.29, 1.82) is 0 Å². The molecule has 0 aromatic carbocycles. The summed E-state index contributed by atoms with van der Waals surface area (Å²) in [6, 6.07) is 0. The molecule has 1 nitrogen and oxygen atoms in total. The van der Waals surface area contributed by atoms with Crippen LogP contribution in [-0.2, 0) is 4.79 Å². The van der Waals surface area contributed by atoms with Gasteiger partial charge in [0, 0.05) is 6.08 Å². The molecule has 0 spiro atoms. The predicted octanol–water partition coefficient (Wildman–Crippen LogP) is 4.40. The van der Waals surface area contributed by atoms with Gasteiger partial charge in [-0.25, -0.2) is 4.79 Å². The summed E-state index contributed by atoms with van der Waals surface area (Å²) in [6.45, 7) is 10.2. The van der Waals surface area contributed by atoms with E-state index in [0.717, 1.165) is 31.3 Å². The first-order valence-corrected chi connectivity index (χ1v) is 5.74. The molecular weight excluding hydrogens is 196 g/mol. The molecule has 0 aromatic rings. The molecule has 0 aliphatic rings. The molecule has 0 saturated carbocycles. The second kappa shape index (κ2) is 8.94. The summed E-state index contributed by atoms with van der Waals surface area (Å²) >= 11 is 0. The molecule has 16 heavy (non-hydrogen) atoms. The maximum Gasteiger partial charge on any atom is 0.124 e. The predicted molar refractivity (Wildman–Crippen MR) is 71.1 cm³/mol. The van der Waals surface area contributed by atoms with Gasteiger partial charge in [-0.2, -0.15) is 0 Å². The number of hydrogen-bond acceptors (Lipinski definition) is 1. The van der Waals surface area contributed by atoms with Crippen LogP contribution in [0.2, 0.25) is 0 Å². The Hall–Kier alpha value is -1.33. The van der Waals surface area contributed by atoms with Crippen molar-refractivity contribution in [2.24, 2.45) is 0 Å². The van der Waals surface area contributed by atoms with Crippen LogP contribution in [-0.4, -0.2) is 5.94 Å². The summed E-state index contributed by atoms with van der Waals surface area (Å²) in [5, 5.41) is 0. The van der Waals surface area contributed by atoms with Gasteiger partial charge in [-0.05, 0) is 52.0 Å². The molecule has 0 bridgehead atoms. The molecule has 0 atom stereocenters. The Labute approximate surface area is 99.3 Å². The minimum absolute atomic E-state index is 0.842. The van der Waals surface area contributed by atoms with Crippen LogP contribution in [0.4, 0.5) is 0 Å². The van der Waals surface area contributed by atoms with Crippen LogP contribution in [0, 0.1) is 0 Å². The zero-order chi connectivity index (χ0) is 12.4. The molecule has 0 amide bonds. The molecule has 0 aliphatic carbocycles. The second-order valence-corrected chi connectivity index (χ2v) is 4.33. The van der Waals surface area contributed by atoms with Gasteiger partial charge in [-0.15, -0.1) is 0 Å². The molecule has 1 heteroatoms. The van der Waals surface area contributed by atoms with Crippen molar-refractivity contribution in [1.82, 2.24) is 0 Å². The van der Waals surface area contributed by atoms with Crippen LogP contribution >= 0.6 is 0 Å². The monoisotopic (exact) mass is 218 g/mol. The highest BCUT2D eigenvalue weighted by Crippen LogP contribution is 2.10. The molecule has 0 aliphatic heterocycles. The Kier molecular flexibility index (Phi) is 8.19. The Bertz CT molecular complexity index is 321. The third-order valence-electron chi connectivity index (χ3n) is 2.31. The largest absolute Gasteiger partial charge is 0.233 e. The molecule has 0 N–H and O–H groups in total. The summed E-state index contributed by atoms with van der Waals surface area (Å²) in [5.74, 6) is 1.75. The van der Waals surface area contributed by atoms with Gasteiger partial charge in [0.25, 0.3) is 0 Å². The van der Waals surface area contributed by atoms with Gasteiger partial charge in [-0.3, -0.25) is 0 Å².